The summed E-state index contributed by atoms with van der Waals surface area (Å²) < 4.78 is 12.2. The van der Waals surface area contributed by atoms with Crippen molar-refractivity contribution in [1.29, 1.82) is 0 Å². The summed E-state index contributed by atoms with van der Waals surface area (Å²) in [6.45, 7) is 10.8. The van der Waals surface area contributed by atoms with E-state index < -0.39 is 35.0 Å². The quantitative estimate of drug-likeness (QED) is 0.208. The van der Waals surface area contributed by atoms with Crippen LogP contribution in [0.2, 0.25) is 0 Å². The Labute approximate surface area is 231 Å². The number of carbonyl (C=O) groups is 3. The van der Waals surface area contributed by atoms with E-state index in [4.69, 9.17) is 14.6 Å². The molecule has 1 spiro atoms. The van der Waals surface area contributed by atoms with Gasteiger partial charge in [0.05, 0.1) is 18.1 Å². The number of carbonyl (C=O) groups excluding carboxylic acids is 3. The van der Waals surface area contributed by atoms with E-state index in [0.717, 1.165) is 18.4 Å². The molecule has 3 heterocycles. The Morgan fingerprint density at radius 2 is 1.90 bits per heavy atom. The molecule has 0 aliphatic carbocycles. The molecule has 3 saturated heterocycles. The highest BCUT2D eigenvalue weighted by atomic mass is 16.6. The summed E-state index contributed by atoms with van der Waals surface area (Å²) >= 11 is 0. The summed E-state index contributed by atoms with van der Waals surface area (Å²) in [7, 11) is 0. The second-order valence-corrected chi connectivity index (χ2v) is 11.1. The van der Waals surface area contributed by atoms with Crippen LogP contribution in [0, 0.1) is 11.8 Å². The van der Waals surface area contributed by atoms with Gasteiger partial charge >= 0.3 is 5.97 Å². The Balaban J connectivity index is 1.66. The predicted molar refractivity (Wildman–Crippen MR) is 147 cm³/mol. The van der Waals surface area contributed by atoms with Crippen molar-refractivity contribution in [1.82, 2.24) is 9.80 Å². The number of hydrogen-bond donors (Lipinski definition) is 1. The van der Waals surface area contributed by atoms with Gasteiger partial charge in [0.15, 0.2) is 0 Å². The zero-order chi connectivity index (χ0) is 28.0. The van der Waals surface area contributed by atoms with E-state index in [1.165, 1.54) is 0 Å². The number of rotatable bonds is 15. The van der Waals surface area contributed by atoms with Gasteiger partial charge in [-0.3, -0.25) is 14.4 Å². The van der Waals surface area contributed by atoms with Crippen molar-refractivity contribution in [2.45, 2.75) is 75.7 Å². The third-order valence-electron chi connectivity index (χ3n) is 8.52. The van der Waals surface area contributed by atoms with Gasteiger partial charge in [-0.25, -0.2) is 0 Å². The van der Waals surface area contributed by atoms with Crippen LogP contribution in [-0.4, -0.2) is 76.2 Å². The Kier molecular flexibility index (Phi) is 9.28. The maximum atomic E-state index is 14.4. The molecule has 0 aromatic heterocycles. The fraction of sp³-hybridized carbons (Fsp3) is 0.581. The minimum absolute atomic E-state index is 0.132. The van der Waals surface area contributed by atoms with Crippen LogP contribution in [-0.2, 0) is 30.4 Å². The van der Waals surface area contributed by atoms with Crippen LogP contribution in [0.15, 0.2) is 55.6 Å². The van der Waals surface area contributed by atoms with Crippen molar-refractivity contribution < 1.29 is 29.0 Å². The number of hydrogen-bond acceptors (Lipinski definition) is 6. The lowest BCUT2D eigenvalue weighted by Crippen LogP contribution is -2.56. The lowest BCUT2D eigenvalue weighted by Gasteiger charge is -2.37. The Morgan fingerprint density at radius 3 is 2.59 bits per heavy atom. The molecule has 1 N–H and O–H groups in total. The van der Waals surface area contributed by atoms with E-state index in [1.54, 1.807) is 22.0 Å². The summed E-state index contributed by atoms with van der Waals surface area (Å²) in [4.78, 5) is 45.3. The third-order valence-corrected chi connectivity index (χ3v) is 8.52. The molecule has 0 radical (unpaired) electrons. The van der Waals surface area contributed by atoms with Crippen LogP contribution in [0.3, 0.4) is 0 Å². The zero-order valence-corrected chi connectivity index (χ0v) is 23.1. The standard InChI is InChI=1S/C31H42N2O6/c1-4-6-21-38-29(37)25-24-27(35)33(19-12-7-8-13-20-34)26(31(24)17-16-30(25,3)39-31)28(36)32(18-5-2)22-23-14-10-9-11-15-23/h4-5,9-11,14-15,24-26,34H,1-2,6-8,12-13,16-22H2,3H3/t24-,25-,26?,30+,31?/m0/s1. The average molecular weight is 539 g/mol. The molecule has 4 rings (SSSR count). The van der Waals surface area contributed by atoms with Crippen molar-refractivity contribution >= 4 is 17.8 Å². The number of nitrogens with zero attached hydrogens (tertiary/aromatic N) is 2. The summed E-state index contributed by atoms with van der Waals surface area (Å²) in [5.74, 6) is -2.36. The van der Waals surface area contributed by atoms with E-state index in [9.17, 15) is 14.4 Å². The molecule has 2 bridgehead atoms. The van der Waals surface area contributed by atoms with Crippen molar-refractivity contribution in [3.05, 3.63) is 61.2 Å². The van der Waals surface area contributed by atoms with E-state index in [1.807, 2.05) is 37.3 Å². The molecule has 5 atom stereocenters. The fourth-order valence-corrected chi connectivity index (χ4v) is 6.75. The van der Waals surface area contributed by atoms with Gasteiger partial charge in [-0.05, 0) is 44.6 Å². The number of likely N-dealkylation sites (tertiary alicyclic amines) is 1. The van der Waals surface area contributed by atoms with Gasteiger partial charge in [-0.1, -0.05) is 55.3 Å². The third kappa shape index (κ3) is 5.54. The maximum absolute atomic E-state index is 14.4. The highest BCUT2D eigenvalue weighted by molar-refractivity contribution is 5.98. The van der Waals surface area contributed by atoms with Crippen molar-refractivity contribution in [3.63, 3.8) is 0 Å². The van der Waals surface area contributed by atoms with E-state index >= 15 is 0 Å². The zero-order valence-electron chi connectivity index (χ0n) is 23.1. The van der Waals surface area contributed by atoms with Crippen LogP contribution in [0.25, 0.3) is 0 Å². The van der Waals surface area contributed by atoms with Gasteiger partial charge in [-0.2, -0.15) is 0 Å². The van der Waals surface area contributed by atoms with Gasteiger partial charge < -0.3 is 24.4 Å². The molecule has 1 aromatic carbocycles. The molecular formula is C31H42N2O6. The van der Waals surface area contributed by atoms with E-state index in [0.29, 0.717) is 51.7 Å². The number of unbranched alkanes of at least 4 members (excludes halogenated alkanes) is 3. The lowest BCUT2D eigenvalue weighted by atomic mass is 9.66. The summed E-state index contributed by atoms with van der Waals surface area (Å²) in [5.41, 5.74) is -0.958. The van der Waals surface area contributed by atoms with Crippen molar-refractivity contribution in [2.24, 2.45) is 11.8 Å². The maximum Gasteiger partial charge on any atom is 0.312 e. The minimum atomic E-state index is -1.08. The second-order valence-electron chi connectivity index (χ2n) is 11.1. The van der Waals surface area contributed by atoms with Gasteiger partial charge in [0.1, 0.15) is 17.6 Å². The highest BCUT2D eigenvalue weighted by Gasteiger charge is 2.78. The highest BCUT2D eigenvalue weighted by Crippen LogP contribution is 2.63. The van der Waals surface area contributed by atoms with Gasteiger partial charge in [0.2, 0.25) is 11.8 Å². The van der Waals surface area contributed by atoms with E-state index in [-0.39, 0.29) is 25.0 Å². The van der Waals surface area contributed by atoms with Crippen molar-refractivity contribution in [2.75, 3.05) is 26.3 Å². The SMILES string of the molecule is C=CCCOC(=O)[C@@H]1[C@H]2C(=O)N(CCCCCCO)C(C(=O)N(CC=C)Cc3ccccc3)C23CC[C@@]1(C)O3. The molecular weight excluding hydrogens is 496 g/mol. The van der Waals surface area contributed by atoms with Crippen LogP contribution in [0.1, 0.15) is 57.4 Å². The topological polar surface area (TPSA) is 96.4 Å². The van der Waals surface area contributed by atoms with Crippen molar-refractivity contribution in [3.8, 4) is 0 Å². The number of aliphatic hydroxyl groups excluding tert-OH is 1. The Bertz CT molecular complexity index is 1060. The van der Waals surface area contributed by atoms with Crippen LogP contribution >= 0.6 is 0 Å². The largest absolute Gasteiger partial charge is 0.465 e. The number of benzene rings is 1. The minimum Gasteiger partial charge on any atom is -0.465 e. The number of amides is 2. The summed E-state index contributed by atoms with van der Waals surface area (Å²) in [6.07, 6.45) is 8.08. The second kappa shape index (κ2) is 12.5. The fourth-order valence-electron chi connectivity index (χ4n) is 6.75. The lowest BCUT2D eigenvalue weighted by molar-refractivity contribution is -0.160. The molecule has 39 heavy (non-hydrogen) atoms. The molecule has 8 heteroatoms. The van der Waals surface area contributed by atoms with Gasteiger partial charge in [-0.15, -0.1) is 13.2 Å². The number of fused-ring (bicyclic) bond motifs is 1. The molecule has 1 aromatic rings. The van der Waals surface area contributed by atoms with Gasteiger partial charge in [0.25, 0.3) is 0 Å². The summed E-state index contributed by atoms with van der Waals surface area (Å²) in [5, 5.41) is 9.14. The monoisotopic (exact) mass is 538 g/mol. The molecule has 3 fully saturated rings. The number of ether oxygens (including phenoxy) is 2. The predicted octanol–water partition coefficient (Wildman–Crippen LogP) is 3.64. The molecule has 0 saturated carbocycles. The first-order chi connectivity index (χ1) is 18.8. The summed E-state index contributed by atoms with van der Waals surface area (Å²) in [6, 6.07) is 8.91. The smallest absolute Gasteiger partial charge is 0.312 e. The Morgan fingerprint density at radius 1 is 1.15 bits per heavy atom. The molecule has 3 aliphatic heterocycles. The first-order valence-electron chi connectivity index (χ1n) is 14.2. The number of aliphatic hydroxyl groups is 1. The number of esters is 1. The van der Waals surface area contributed by atoms with E-state index in [2.05, 4.69) is 13.2 Å². The van der Waals surface area contributed by atoms with Crippen LogP contribution in [0.4, 0.5) is 0 Å². The molecule has 8 nitrogen and oxygen atoms in total. The molecule has 2 amide bonds. The normalized spacial score (nSPS) is 28.8. The average Bonchev–Trinajstić information content (AvgIpc) is 3.49. The van der Waals surface area contributed by atoms with Crippen LogP contribution in [0.5, 0.6) is 0 Å². The Hall–Kier alpha value is -2.97. The molecule has 2 unspecified atom stereocenters. The van der Waals surface area contributed by atoms with Crippen LogP contribution < -0.4 is 0 Å². The van der Waals surface area contributed by atoms with Gasteiger partial charge in [0, 0.05) is 26.2 Å². The molecule has 3 aliphatic rings. The first-order valence-corrected chi connectivity index (χ1v) is 14.2. The molecule has 212 valence electrons. The first kappa shape index (κ1) is 29.0.